The summed E-state index contributed by atoms with van der Waals surface area (Å²) in [5.41, 5.74) is -0.563. The SMILES string of the molecule is CNC(CC(C)=O)C(O)CC(=O)OC(C)(C)C. The molecule has 2 unspecified atom stereocenters. The van der Waals surface area contributed by atoms with E-state index < -0.39 is 23.7 Å². The van der Waals surface area contributed by atoms with Gasteiger partial charge in [0.15, 0.2) is 0 Å². The molecule has 100 valence electrons. The second kappa shape index (κ2) is 6.71. The first kappa shape index (κ1) is 16.1. The lowest BCUT2D eigenvalue weighted by Crippen LogP contribution is -2.41. The molecule has 5 nitrogen and oxygen atoms in total. The van der Waals surface area contributed by atoms with Crippen LogP contribution < -0.4 is 5.32 Å². The fraction of sp³-hybridized carbons (Fsp3) is 0.833. The maximum absolute atomic E-state index is 11.5. The zero-order chi connectivity index (χ0) is 13.6. The molecule has 2 atom stereocenters. The van der Waals surface area contributed by atoms with Crippen LogP contribution in [0.15, 0.2) is 0 Å². The van der Waals surface area contributed by atoms with E-state index in [1.165, 1.54) is 6.92 Å². The van der Waals surface area contributed by atoms with Crippen LogP contribution >= 0.6 is 0 Å². The highest BCUT2D eigenvalue weighted by molar-refractivity contribution is 5.76. The lowest BCUT2D eigenvalue weighted by Gasteiger charge is -2.24. The third-order valence-electron chi connectivity index (χ3n) is 2.14. The Morgan fingerprint density at radius 3 is 2.18 bits per heavy atom. The predicted molar refractivity (Wildman–Crippen MR) is 64.6 cm³/mol. The number of Topliss-reactive ketones (excluding diaryl/α,β-unsaturated/α-hetero) is 1. The summed E-state index contributed by atoms with van der Waals surface area (Å²) in [7, 11) is 1.64. The average molecular weight is 245 g/mol. The van der Waals surface area contributed by atoms with E-state index in [1.54, 1.807) is 27.8 Å². The Labute approximate surface area is 103 Å². The number of ether oxygens (including phenoxy) is 1. The first-order valence-electron chi connectivity index (χ1n) is 5.72. The molecule has 0 rings (SSSR count). The monoisotopic (exact) mass is 245 g/mol. The van der Waals surface area contributed by atoms with E-state index >= 15 is 0 Å². The van der Waals surface area contributed by atoms with Gasteiger partial charge in [-0.1, -0.05) is 0 Å². The van der Waals surface area contributed by atoms with Crippen LogP contribution in [0.3, 0.4) is 0 Å². The Balaban J connectivity index is 4.26. The summed E-state index contributed by atoms with van der Waals surface area (Å²) < 4.78 is 5.10. The van der Waals surface area contributed by atoms with Gasteiger partial charge in [0.1, 0.15) is 11.4 Å². The van der Waals surface area contributed by atoms with Gasteiger partial charge in [0, 0.05) is 12.5 Å². The van der Waals surface area contributed by atoms with E-state index in [0.29, 0.717) is 0 Å². The number of rotatable bonds is 6. The highest BCUT2D eigenvalue weighted by Gasteiger charge is 2.24. The molecule has 0 spiro atoms. The Morgan fingerprint density at radius 2 is 1.82 bits per heavy atom. The maximum atomic E-state index is 11.5. The van der Waals surface area contributed by atoms with E-state index in [9.17, 15) is 14.7 Å². The van der Waals surface area contributed by atoms with Crippen LogP contribution in [0.1, 0.15) is 40.5 Å². The number of esters is 1. The summed E-state index contributed by atoms with van der Waals surface area (Å²) in [6.45, 7) is 6.75. The van der Waals surface area contributed by atoms with Crippen molar-refractivity contribution in [3.05, 3.63) is 0 Å². The molecule has 5 heteroatoms. The van der Waals surface area contributed by atoms with Crippen molar-refractivity contribution in [2.75, 3.05) is 7.05 Å². The largest absolute Gasteiger partial charge is 0.460 e. The minimum atomic E-state index is -0.918. The number of nitrogens with one attached hydrogen (secondary N) is 1. The molecule has 0 aromatic rings. The first-order chi connectivity index (χ1) is 7.65. The Bertz CT molecular complexity index is 270. The highest BCUT2D eigenvalue weighted by Crippen LogP contribution is 2.11. The van der Waals surface area contributed by atoms with Gasteiger partial charge in [-0.15, -0.1) is 0 Å². The third kappa shape index (κ3) is 7.88. The summed E-state index contributed by atoms with van der Waals surface area (Å²) >= 11 is 0. The molecule has 0 saturated heterocycles. The molecular weight excluding hydrogens is 222 g/mol. The molecule has 0 bridgehead atoms. The minimum Gasteiger partial charge on any atom is -0.460 e. The molecule has 0 aromatic heterocycles. The van der Waals surface area contributed by atoms with Crippen LogP contribution in [0.25, 0.3) is 0 Å². The van der Waals surface area contributed by atoms with Crippen molar-refractivity contribution < 1.29 is 19.4 Å². The van der Waals surface area contributed by atoms with Crippen LogP contribution in [-0.2, 0) is 14.3 Å². The second-order valence-electron chi connectivity index (χ2n) is 5.16. The molecule has 0 aromatic carbocycles. The van der Waals surface area contributed by atoms with E-state index in [1.807, 2.05) is 0 Å². The molecule has 0 fully saturated rings. The van der Waals surface area contributed by atoms with Crippen LogP contribution in [0.5, 0.6) is 0 Å². The number of hydrogen-bond acceptors (Lipinski definition) is 5. The zero-order valence-corrected chi connectivity index (χ0v) is 11.2. The summed E-state index contributed by atoms with van der Waals surface area (Å²) in [6, 6.07) is -0.417. The summed E-state index contributed by atoms with van der Waals surface area (Å²) in [5, 5.41) is 12.6. The molecule has 0 amide bonds. The molecule has 0 saturated carbocycles. The smallest absolute Gasteiger partial charge is 0.308 e. The lowest BCUT2D eigenvalue weighted by molar-refractivity contribution is -0.157. The van der Waals surface area contributed by atoms with Gasteiger partial charge in [0.05, 0.1) is 12.5 Å². The fourth-order valence-corrected chi connectivity index (χ4v) is 1.44. The number of aliphatic hydroxyl groups excluding tert-OH is 1. The van der Waals surface area contributed by atoms with E-state index in [2.05, 4.69) is 5.32 Å². The van der Waals surface area contributed by atoms with Crippen molar-refractivity contribution >= 4 is 11.8 Å². The Morgan fingerprint density at radius 1 is 1.29 bits per heavy atom. The standard InChI is InChI=1S/C12H23NO4/c1-8(14)6-9(13-5)10(15)7-11(16)17-12(2,3)4/h9-10,13,15H,6-7H2,1-5H3. The average Bonchev–Trinajstić information content (AvgIpc) is 2.10. The third-order valence-corrected chi connectivity index (χ3v) is 2.14. The molecule has 0 radical (unpaired) electrons. The molecule has 17 heavy (non-hydrogen) atoms. The maximum Gasteiger partial charge on any atom is 0.308 e. The quantitative estimate of drug-likeness (QED) is 0.672. The van der Waals surface area contributed by atoms with E-state index in [4.69, 9.17) is 4.74 Å². The normalized spacial score (nSPS) is 15.2. The van der Waals surface area contributed by atoms with E-state index in [-0.39, 0.29) is 18.6 Å². The highest BCUT2D eigenvalue weighted by atomic mass is 16.6. The van der Waals surface area contributed by atoms with Crippen molar-refractivity contribution in [2.24, 2.45) is 0 Å². The second-order valence-corrected chi connectivity index (χ2v) is 5.16. The van der Waals surface area contributed by atoms with Crippen LogP contribution in [-0.4, -0.2) is 41.7 Å². The Hall–Kier alpha value is -0.940. The van der Waals surface area contributed by atoms with Crippen molar-refractivity contribution in [1.82, 2.24) is 5.32 Å². The molecule has 0 aliphatic rings. The van der Waals surface area contributed by atoms with Crippen molar-refractivity contribution in [2.45, 2.75) is 58.3 Å². The molecule has 0 heterocycles. The topological polar surface area (TPSA) is 75.6 Å². The minimum absolute atomic E-state index is 0.0346. The predicted octanol–water partition coefficient (Wildman–Crippen LogP) is 0.646. The summed E-state index contributed by atoms with van der Waals surface area (Å²) in [5.74, 6) is -0.499. The number of carbonyl (C=O) groups is 2. The number of likely N-dealkylation sites (N-methyl/N-ethyl adjacent to an activating group) is 1. The number of ketones is 1. The van der Waals surface area contributed by atoms with E-state index in [0.717, 1.165) is 0 Å². The van der Waals surface area contributed by atoms with Gasteiger partial charge in [0.2, 0.25) is 0 Å². The van der Waals surface area contributed by atoms with Crippen LogP contribution in [0.4, 0.5) is 0 Å². The van der Waals surface area contributed by atoms with Gasteiger partial charge >= 0.3 is 5.97 Å². The van der Waals surface area contributed by atoms with Crippen molar-refractivity contribution in [1.29, 1.82) is 0 Å². The van der Waals surface area contributed by atoms with Gasteiger partial charge in [-0.25, -0.2) is 0 Å². The Kier molecular flexibility index (Phi) is 6.34. The van der Waals surface area contributed by atoms with Gasteiger partial charge in [-0.2, -0.15) is 0 Å². The van der Waals surface area contributed by atoms with Crippen molar-refractivity contribution in [3.8, 4) is 0 Å². The fourth-order valence-electron chi connectivity index (χ4n) is 1.44. The number of hydrogen-bond donors (Lipinski definition) is 2. The molecule has 0 aliphatic carbocycles. The number of carbonyl (C=O) groups excluding carboxylic acids is 2. The molecular formula is C12H23NO4. The molecule has 0 aliphatic heterocycles. The summed E-state index contributed by atoms with van der Waals surface area (Å²) in [6.07, 6.45) is -0.838. The summed E-state index contributed by atoms with van der Waals surface area (Å²) in [4.78, 5) is 22.4. The molecule has 2 N–H and O–H groups in total. The van der Waals surface area contributed by atoms with Crippen molar-refractivity contribution in [3.63, 3.8) is 0 Å². The zero-order valence-electron chi connectivity index (χ0n) is 11.2. The van der Waals surface area contributed by atoms with Gasteiger partial charge in [0.25, 0.3) is 0 Å². The van der Waals surface area contributed by atoms with Crippen LogP contribution in [0.2, 0.25) is 0 Å². The van der Waals surface area contributed by atoms with Crippen LogP contribution in [0, 0.1) is 0 Å². The lowest BCUT2D eigenvalue weighted by atomic mass is 10.0. The van der Waals surface area contributed by atoms with Gasteiger partial charge in [-0.3, -0.25) is 9.59 Å². The van der Waals surface area contributed by atoms with Gasteiger partial charge < -0.3 is 15.2 Å². The number of aliphatic hydroxyl groups is 1. The first-order valence-corrected chi connectivity index (χ1v) is 5.72. The van der Waals surface area contributed by atoms with Gasteiger partial charge in [-0.05, 0) is 34.7 Å².